The Morgan fingerprint density at radius 2 is 1.78 bits per heavy atom. The van der Waals surface area contributed by atoms with E-state index in [1.807, 2.05) is 29.2 Å². The predicted molar refractivity (Wildman–Crippen MR) is 106 cm³/mol. The van der Waals surface area contributed by atoms with Gasteiger partial charge in [0, 0.05) is 31.1 Å². The third-order valence-electron chi connectivity index (χ3n) is 5.45. The highest BCUT2D eigenvalue weighted by Gasteiger charge is 2.28. The van der Waals surface area contributed by atoms with Crippen LogP contribution in [0.4, 0.5) is 0 Å². The Kier molecular flexibility index (Phi) is 5.26. The maximum Gasteiger partial charge on any atom is 0.289 e. The van der Waals surface area contributed by atoms with E-state index in [0.717, 1.165) is 48.9 Å². The van der Waals surface area contributed by atoms with Gasteiger partial charge in [-0.05, 0) is 36.8 Å². The third kappa shape index (κ3) is 3.76. The van der Waals surface area contributed by atoms with Gasteiger partial charge in [-0.3, -0.25) is 4.79 Å². The first-order valence-corrected chi connectivity index (χ1v) is 9.59. The summed E-state index contributed by atoms with van der Waals surface area (Å²) < 4.78 is 11.2. The Morgan fingerprint density at radius 1 is 1.07 bits per heavy atom. The molecule has 1 aromatic heterocycles. The molecule has 1 fully saturated rings. The van der Waals surface area contributed by atoms with E-state index in [2.05, 4.69) is 30.3 Å². The molecule has 27 heavy (non-hydrogen) atoms. The first-order chi connectivity index (χ1) is 13.3. The summed E-state index contributed by atoms with van der Waals surface area (Å²) in [6.07, 6.45) is 3.14. The number of nitrogens with zero attached hydrogens (tertiary/aromatic N) is 1. The first-order valence-electron chi connectivity index (χ1n) is 9.59. The molecule has 0 atom stereocenters. The van der Waals surface area contributed by atoms with Crippen LogP contribution in [0.15, 0.2) is 59.0 Å². The van der Waals surface area contributed by atoms with Crippen molar-refractivity contribution in [1.82, 2.24) is 4.90 Å². The van der Waals surface area contributed by atoms with Crippen molar-refractivity contribution in [1.29, 1.82) is 0 Å². The van der Waals surface area contributed by atoms with Crippen LogP contribution in [0.1, 0.15) is 34.5 Å². The molecular formula is C23H25NO3. The van der Waals surface area contributed by atoms with E-state index in [0.29, 0.717) is 18.3 Å². The molecule has 4 heteroatoms. The van der Waals surface area contributed by atoms with Crippen molar-refractivity contribution in [2.45, 2.75) is 25.9 Å². The minimum atomic E-state index is -0.0172. The lowest BCUT2D eigenvalue weighted by molar-refractivity contribution is 0.0654. The molecule has 1 saturated heterocycles. The average Bonchev–Trinajstić information content (AvgIpc) is 3.08. The molecule has 1 aliphatic heterocycles. The molecular weight excluding hydrogens is 338 g/mol. The fourth-order valence-electron chi connectivity index (χ4n) is 3.99. The summed E-state index contributed by atoms with van der Waals surface area (Å²) in [5, 5.41) is 0.960. The SMILES string of the molecule is COCc1c(C(=O)N2CCC(Cc3ccccc3)CC2)oc2ccccc12. The molecule has 0 radical (unpaired) electrons. The minimum absolute atomic E-state index is 0.0172. The van der Waals surface area contributed by atoms with Crippen molar-refractivity contribution in [3.05, 3.63) is 71.5 Å². The zero-order valence-corrected chi connectivity index (χ0v) is 15.7. The summed E-state index contributed by atoms with van der Waals surface area (Å²) in [7, 11) is 1.64. The summed E-state index contributed by atoms with van der Waals surface area (Å²) in [4.78, 5) is 15.0. The standard InChI is InChI=1S/C23H25NO3/c1-26-16-20-19-9-5-6-10-21(19)27-22(20)23(25)24-13-11-18(12-14-24)15-17-7-3-2-4-8-17/h2-10,18H,11-16H2,1H3. The van der Waals surface area contributed by atoms with Crippen molar-refractivity contribution in [3.8, 4) is 0 Å². The number of carbonyl (C=O) groups excluding carboxylic acids is 1. The fourth-order valence-corrected chi connectivity index (χ4v) is 3.99. The number of furan rings is 1. The van der Waals surface area contributed by atoms with Crippen LogP contribution in [-0.2, 0) is 17.8 Å². The summed E-state index contributed by atoms with van der Waals surface area (Å²) in [6.45, 7) is 1.93. The number of fused-ring (bicyclic) bond motifs is 1. The minimum Gasteiger partial charge on any atom is -0.451 e. The van der Waals surface area contributed by atoms with Gasteiger partial charge in [0.25, 0.3) is 5.91 Å². The van der Waals surface area contributed by atoms with Crippen molar-refractivity contribution in [2.24, 2.45) is 5.92 Å². The summed E-state index contributed by atoms with van der Waals surface area (Å²) in [5.41, 5.74) is 2.97. The largest absolute Gasteiger partial charge is 0.451 e. The molecule has 0 bridgehead atoms. The molecule has 0 aliphatic carbocycles. The van der Waals surface area contributed by atoms with Gasteiger partial charge in [0.05, 0.1) is 6.61 Å². The van der Waals surface area contributed by atoms with Crippen LogP contribution in [0.3, 0.4) is 0 Å². The Labute approximate surface area is 159 Å². The highest BCUT2D eigenvalue weighted by atomic mass is 16.5. The number of ether oxygens (including phenoxy) is 1. The van der Waals surface area contributed by atoms with Crippen LogP contribution in [0.5, 0.6) is 0 Å². The van der Waals surface area contributed by atoms with Crippen molar-refractivity contribution in [3.63, 3.8) is 0 Å². The Balaban J connectivity index is 1.46. The second kappa shape index (κ2) is 7.97. The number of methoxy groups -OCH3 is 1. The van der Waals surface area contributed by atoms with E-state index >= 15 is 0 Å². The highest BCUT2D eigenvalue weighted by Crippen LogP contribution is 2.29. The molecule has 1 aliphatic rings. The van der Waals surface area contributed by atoms with E-state index in [-0.39, 0.29) is 5.91 Å². The van der Waals surface area contributed by atoms with Crippen LogP contribution in [0, 0.1) is 5.92 Å². The Hall–Kier alpha value is -2.59. The maximum absolute atomic E-state index is 13.1. The normalized spacial score (nSPS) is 15.4. The molecule has 4 rings (SSSR count). The van der Waals surface area contributed by atoms with Gasteiger partial charge in [0.15, 0.2) is 5.76 Å². The maximum atomic E-state index is 13.1. The topological polar surface area (TPSA) is 42.7 Å². The van der Waals surface area contributed by atoms with Crippen LogP contribution in [0.2, 0.25) is 0 Å². The first kappa shape index (κ1) is 17.8. The number of rotatable bonds is 5. The van der Waals surface area contributed by atoms with Gasteiger partial charge in [0.2, 0.25) is 0 Å². The molecule has 140 valence electrons. The number of hydrogen-bond acceptors (Lipinski definition) is 3. The molecule has 2 heterocycles. The van der Waals surface area contributed by atoms with Gasteiger partial charge >= 0.3 is 0 Å². The average molecular weight is 363 g/mol. The number of carbonyl (C=O) groups is 1. The third-order valence-corrected chi connectivity index (χ3v) is 5.45. The molecule has 0 spiro atoms. The zero-order valence-electron chi connectivity index (χ0n) is 15.7. The summed E-state index contributed by atoms with van der Waals surface area (Å²) in [6, 6.07) is 18.4. The molecule has 1 amide bonds. The van der Waals surface area contributed by atoms with Crippen LogP contribution < -0.4 is 0 Å². The number of hydrogen-bond donors (Lipinski definition) is 0. The van der Waals surface area contributed by atoms with Crippen LogP contribution in [0.25, 0.3) is 11.0 Å². The smallest absolute Gasteiger partial charge is 0.289 e. The molecule has 2 aromatic carbocycles. The highest BCUT2D eigenvalue weighted by molar-refractivity contribution is 5.99. The van der Waals surface area contributed by atoms with Gasteiger partial charge < -0.3 is 14.1 Å². The molecule has 0 N–H and O–H groups in total. The Morgan fingerprint density at radius 3 is 2.52 bits per heavy atom. The number of piperidine rings is 1. The van der Waals surface area contributed by atoms with Crippen LogP contribution >= 0.6 is 0 Å². The fraction of sp³-hybridized carbons (Fsp3) is 0.348. The predicted octanol–water partition coefficient (Wildman–Crippen LogP) is 4.67. The number of benzene rings is 2. The lowest BCUT2D eigenvalue weighted by Crippen LogP contribution is -2.39. The molecule has 0 saturated carbocycles. The van der Waals surface area contributed by atoms with Crippen LogP contribution in [-0.4, -0.2) is 31.0 Å². The quantitative estimate of drug-likeness (QED) is 0.661. The second-order valence-electron chi connectivity index (χ2n) is 7.26. The number of amides is 1. The van der Waals surface area contributed by atoms with Crippen molar-refractivity contribution in [2.75, 3.05) is 20.2 Å². The molecule has 4 nitrogen and oxygen atoms in total. The van der Waals surface area contributed by atoms with Gasteiger partial charge in [-0.15, -0.1) is 0 Å². The van der Waals surface area contributed by atoms with Gasteiger partial charge in [-0.2, -0.15) is 0 Å². The molecule has 0 unspecified atom stereocenters. The van der Waals surface area contributed by atoms with Gasteiger partial charge in [-0.1, -0.05) is 48.5 Å². The summed E-state index contributed by atoms with van der Waals surface area (Å²) in [5.74, 6) is 1.04. The zero-order chi connectivity index (χ0) is 18.6. The lowest BCUT2D eigenvalue weighted by atomic mass is 9.90. The van der Waals surface area contributed by atoms with E-state index < -0.39 is 0 Å². The van der Waals surface area contributed by atoms with E-state index in [1.54, 1.807) is 7.11 Å². The van der Waals surface area contributed by atoms with Gasteiger partial charge in [0.1, 0.15) is 5.58 Å². The Bertz CT molecular complexity index is 908. The number of likely N-dealkylation sites (tertiary alicyclic amines) is 1. The molecule has 3 aromatic rings. The number of para-hydroxylation sites is 1. The van der Waals surface area contributed by atoms with E-state index in [9.17, 15) is 4.79 Å². The summed E-state index contributed by atoms with van der Waals surface area (Å²) >= 11 is 0. The van der Waals surface area contributed by atoms with E-state index in [4.69, 9.17) is 9.15 Å². The second-order valence-corrected chi connectivity index (χ2v) is 7.26. The van der Waals surface area contributed by atoms with Gasteiger partial charge in [-0.25, -0.2) is 0 Å². The van der Waals surface area contributed by atoms with E-state index in [1.165, 1.54) is 5.56 Å². The monoisotopic (exact) mass is 363 g/mol. The van der Waals surface area contributed by atoms with Crippen molar-refractivity contribution >= 4 is 16.9 Å². The lowest BCUT2D eigenvalue weighted by Gasteiger charge is -2.31. The van der Waals surface area contributed by atoms with Crippen molar-refractivity contribution < 1.29 is 13.9 Å².